The maximum absolute atomic E-state index is 12.7. The number of aromatic nitrogens is 4. The SMILES string of the molecule is NC(=O)c1cccc2[nH]c(-c3ccc(Nc4nccc(N5CCN(C(=O)c6ccccc6)CC5)n4)cc3)nc12. The summed E-state index contributed by atoms with van der Waals surface area (Å²) in [6, 6.07) is 24.2. The predicted octanol–water partition coefficient (Wildman–Crippen LogP) is 3.82. The molecule has 0 unspecified atom stereocenters. The fraction of sp³-hybridized carbons (Fsp3) is 0.138. The van der Waals surface area contributed by atoms with Crippen LogP contribution in [0, 0.1) is 0 Å². The number of nitrogens with one attached hydrogen (secondary N) is 2. The summed E-state index contributed by atoms with van der Waals surface area (Å²) in [5, 5.41) is 3.26. The van der Waals surface area contributed by atoms with Crippen molar-refractivity contribution in [1.82, 2.24) is 24.8 Å². The molecule has 2 amide bonds. The van der Waals surface area contributed by atoms with Crippen LogP contribution in [0.1, 0.15) is 20.7 Å². The summed E-state index contributed by atoms with van der Waals surface area (Å²) >= 11 is 0. The number of benzene rings is 3. The Bertz CT molecular complexity index is 1640. The second-order valence-electron chi connectivity index (χ2n) is 9.24. The number of primary amides is 1. The summed E-state index contributed by atoms with van der Waals surface area (Å²) in [5.74, 6) is 1.48. The fourth-order valence-electron chi connectivity index (χ4n) is 4.70. The van der Waals surface area contributed by atoms with Gasteiger partial charge in [-0.2, -0.15) is 4.98 Å². The Morgan fingerprint density at radius 1 is 0.846 bits per heavy atom. The van der Waals surface area contributed by atoms with Crippen LogP contribution in [0.4, 0.5) is 17.5 Å². The number of nitrogens with zero attached hydrogens (tertiary/aromatic N) is 5. The molecule has 0 aliphatic carbocycles. The number of para-hydroxylation sites is 1. The van der Waals surface area contributed by atoms with Gasteiger partial charge in [-0.25, -0.2) is 9.97 Å². The second-order valence-corrected chi connectivity index (χ2v) is 9.24. The highest BCUT2D eigenvalue weighted by Crippen LogP contribution is 2.25. The number of hydrogen-bond acceptors (Lipinski definition) is 7. The standard InChI is InChI=1S/C29H26N8O2/c30-26(38)22-7-4-8-23-25(22)35-27(33-23)19-9-11-21(12-10-19)32-29-31-14-13-24(34-29)36-15-17-37(18-16-36)28(39)20-5-2-1-3-6-20/h1-14H,15-18H2,(H2,30,38)(H,33,35)(H,31,32,34). The highest BCUT2D eigenvalue weighted by atomic mass is 16.2. The number of carbonyl (C=O) groups is 2. The number of rotatable bonds is 6. The van der Waals surface area contributed by atoms with Crippen molar-refractivity contribution >= 4 is 40.3 Å². The monoisotopic (exact) mass is 518 g/mol. The smallest absolute Gasteiger partial charge is 0.253 e. The van der Waals surface area contributed by atoms with Gasteiger partial charge in [0.2, 0.25) is 5.95 Å². The lowest BCUT2D eigenvalue weighted by atomic mass is 10.2. The third-order valence-corrected chi connectivity index (χ3v) is 6.75. The van der Waals surface area contributed by atoms with E-state index in [1.54, 1.807) is 18.3 Å². The van der Waals surface area contributed by atoms with E-state index in [0.29, 0.717) is 54.6 Å². The first-order valence-electron chi connectivity index (χ1n) is 12.6. The van der Waals surface area contributed by atoms with E-state index in [1.165, 1.54) is 0 Å². The van der Waals surface area contributed by atoms with Crippen LogP contribution >= 0.6 is 0 Å². The Morgan fingerprint density at radius 3 is 2.36 bits per heavy atom. The lowest BCUT2D eigenvalue weighted by molar-refractivity contribution is 0.0746. The van der Waals surface area contributed by atoms with Crippen LogP contribution in [0.5, 0.6) is 0 Å². The molecule has 0 atom stereocenters. The van der Waals surface area contributed by atoms with Gasteiger partial charge in [0.15, 0.2) is 0 Å². The first-order chi connectivity index (χ1) is 19.0. The largest absolute Gasteiger partial charge is 0.366 e. The minimum atomic E-state index is -0.511. The maximum Gasteiger partial charge on any atom is 0.253 e. The average Bonchev–Trinajstić information content (AvgIpc) is 3.42. The number of aromatic amines is 1. The second kappa shape index (κ2) is 10.3. The number of anilines is 3. The molecule has 0 saturated carbocycles. The van der Waals surface area contributed by atoms with Crippen LogP contribution in [-0.2, 0) is 0 Å². The summed E-state index contributed by atoms with van der Waals surface area (Å²) < 4.78 is 0. The fourth-order valence-corrected chi connectivity index (χ4v) is 4.70. The zero-order chi connectivity index (χ0) is 26.8. The van der Waals surface area contributed by atoms with E-state index < -0.39 is 5.91 Å². The third kappa shape index (κ3) is 4.99. The van der Waals surface area contributed by atoms with Gasteiger partial charge in [-0.3, -0.25) is 9.59 Å². The van der Waals surface area contributed by atoms with Crippen LogP contribution in [0.2, 0.25) is 0 Å². The molecule has 10 nitrogen and oxygen atoms in total. The molecule has 6 rings (SSSR count). The number of fused-ring (bicyclic) bond motifs is 1. The van der Waals surface area contributed by atoms with E-state index in [1.807, 2.05) is 71.6 Å². The molecule has 0 bridgehead atoms. The molecule has 0 spiro atoms. The Hall–Kier alpha value is -5.25. The van der Waals surface area contributed by atoms with Crippen LogP contribution < -0.4 is 16.0 Å². The van der Waals surface area contributed by atoms with Crippen molar-refractivity contribution in [2.24, 2.45) is 5.73 Å². The number of hydrogen-bond donors (Lipinski definition) is 3. The Kier molecular flexibility index (Phi) is 6.34. The summed E-state index contributed by atoms with van der Waals surface area (Å²) in [5.41, 5.74) is 9.57. The molecule has 3 aromatic carbocycles. The Morgan fingerprint density at radius 2 is 1.62 bits per heavy atom. The summed E-state index contributed by atoms with van der Waals surface area (Å²) in [6.07, 6.45) is 1.73. The minimum Gasteiger partial charge on any atom is -0.366 e. The first-order valence-corrected chi connectivity index (χ1v) is 12.6. The normalized spacial score (nSPS) is 13.4. The summed E-state index contributed by atoms with van der Waals surface area (Å²) in [7, 11) is 0. The molecular formula is C29H26N8O2. The van der Waals surface area contributed by atoms with Crippen LogP contribution in [0.25, 0.3) is 22.4 Å². The molecule has 4 N–H and O–H groups in total. The van der Waals surface area contributed by atoms with Gasteiger partial charge in [0.05, 0.1) is 11.1 Å². The van der Waals surface area contributed by atoms with E-state index in [9.17, 15) is 9.59 Å². The van der Waals surface area contributed by atoms with Crippen molar-refractivity contribution in [3.8, 4) is 11.4 Å². The Labute approximate surface area is 224 Å². The third-order valence-electron chi connectivity index (χ3n) is 6.75. The van der Waals surface area contributed by atoms with Gasteiger partial charge in [0.25, 0.3) is 11.8 Å². The van der Waals surface area contributed by atoms with E-state index in [4.69, 9.17) is 10.7 Å². The van der Waals surface area contributed by atoms with Crippen molar-refractivity contribution in [3.05, 3.63) is 96.2 Å². The van der Waals surface area contributed by atoms with Crippen LogP contribution in [-0.4, -0.2) is 62.8 Å². The van der Waals surface area contributed by atoms with Gasteiger partial charge in [-0.05, 0) is 54.6 Å². The number of H-pyrrole nitrogens is 1. The van der Waals surface area contributed by atoms with E-state index in [0.717, 1.165) is 22.6 Å². The predicted molar refractivity (Wildman–Crippen MR) is 150 cm³/mol. The zero-order valence-electron chi connectivity index (χ0n) is 21.0. The van der Waals surface area contributed by atoms with E-state index in [2.05, 4.69) is 25.2 Å². The highest BCUT2D eigenvalue weighted by molar-refractivity contribution is 6.04. The molecule has 1 saturated heterocycles. The quantitative estimate of drug-likeness (QED) is 0.311. The molecule has 1 aliphatic heterocycles. The van der Waals surface area contributed by atoms with Gasteiger partial charge >= 0.3 is 0 Å². The first kappa shape index (κ1) is 24.1. The van der Waals surface area contributed by atoms with E-state index >= 15 is 0 Å². The average molecular weight is 519 g/mol. The minimum absolute atomic E-state index is 0.0553. The Balaban J connectivity index is 1.11. The van der Waals surface area contributed by atoms with Crippen LogP contribution in [0.3, 0.4) is 0 Å². The van der Waals surface area contributed by atoms with Gasteiger partial charge < -0.3 is 25.8 Å². The summed E-state index contributed by atoms with van der Waals surface area (Å²) in [6.45, 7) is 2.65. The molecule has 2 aromatic heterocycles. The van der Waals surface area contributed by atoms with Gasteiger partial charge in [0, 0.05) is 49.2 Å². The molecule has 3 heterocycles. The lowest BCUT2D eigenvalue weighted by Crippen LogP contribution is -2.49. The van der Waals surface area contributed by atoms with Crippen LogP contribution in [0.15, 0.2) is 85.1 Å². The number of carbonyl (C=O) groups excluding carboxylic acids is 2. The summed E-state index contributed by atoms with van der Waals surface area (Å²) in [4.78, 5) is 45.4. The number of amides is 2. The van der Waals surface area contributed by atoms with Crippen molar-refractivity contribution in [3.63, 3.8) is 0 Å². The maximum atomic E-state index is 12.7. The molecule has 39 heavy (non-hydrogen) atoms. The topological polar surface area (TPSA) is 133 Å². The number of piperazine rings is 1. The molecule has 10 heteroatoms. The van der Waals surface area contributed by atoms with E-state index in [-0.39, 0.29) is 5.91 Å². The zero-order valence-corrected chi connectivity index (χ0v) is 21.0. The van der Waals surface area contributed by atoms with Crippen molar-refractivity contribution in [2.75, 3.05) is 36.4 Å². The van der Waals surface area contributed by atoms with Gasteiger partial charge in [-0.15, -0.1) is 0 Å². The van der Waals surface area contributed by atoms with Gasteiger partial charge in [-0.1, -0.05) is 24.3 Å². The number of imidazole rings is 1. The number of nitrogens with two attached hydrogens (primary N) is 1. The molecule has 1 aliphatic rings. The van der Waals surface area contributed by atoms with Crippen molar-refractivity contribution in [1.29, 1.82) is 0 Å². The molecule has 0 radical (unpaired) electrons. The molecular weight excluding hydrogens is 492 g/mol. The lowest BCUT2D eigenvalue weighted by Gasteiger charge is -2.35. The molecule has 194 valence electrons. The molecule has 1 fully saturated rings. The van der Waals surface area contributed by atoms with Crippen molar-refractivity contribution < 1.29 is 9.59 Å². The van der Waals surface area contributed by atoms with Gasteiger partial charge in [0.1, 0.15) is 17.2 Å². The van der Waals surface area contributed by atoms with Crippen molar-refractivity contribution in [2.45, 2.75) is 0 Å². The highest BCUT2D eigenvalue weighted by Gasteiger charge is 2.23. The molecule has 5 aromatic rings.